The average molecular weight is 196 g/mol. The van der Waals surface area contributed by atoms with Crippen LogP contribution in [0.5, 0.6) is 0 Å². The summed E-state index contributed by atoms with van der Waals surface area (Å²) in [5.41, 5.74) is 0. The van der Waals surface area contributed by atoms with Gasteiger partial charge in [-0.3, -0.25) is 4.79 Å². The van der Waals surface area contributed by atoms with Crippen LogP contribution in [0, 0.1) is 11.8 Å². The van der Waals surface area contributed by atoms with Crippen LogP contribution in [0.4, 0.5) is 0 Å². The topological polar surface area (TPSA) is 32.3 Å². The lowest BCUT2D eigenvalue weighted by Gasteiger charge is -2.38. The van der Waals surface area contributed by atoms with Crippen molar-refractivity contribution >= 4 is 5.91 Å². The van der Waals surface area contributed by atoms with E-state index in [2.05, 4.69) is 12.2 Å². The summed E-state index contributed by atoms with van der Waals surface area (Å²) in [5, 5.41) is 3.57. The number of hydrogen-bond donors (Lipinski definition) is 1. The number of nitrogens with one attached hydrogen (secondary N) is 1. The van der Waals surface area contributed by atoms with Crippen LogP contribution in [0.2, 0.25) is 0 Å². The zero-order chi connectivity index (χ0) is 10.1. The Balaban J connectivity index is 2.01. The van der Waals surface area contributed by atoms with Crippen molar-refractivity contribution in [2.45, 2.75) is 32.7 Å². The number of rotatable bonds is 2. The third kappa shape index (κ3) is 1.65. The van der Waals surface area contributed by atoms with Gasteiger partial charge in [0.25, 0.3) is 0 Å². The first-order valence-corrected chi connectivity index (χ1v) is 5.71. The van der Waals surface area contributed by atoms with E-state index in [-0.39, 0.29) is 5.91 Å². The molecule has 1 saturated heterocycles. The first kappa shape index (κ1) is 9.97. The number of piperidine rings is 1. The molecule has 14 heavy (non-hydrogen) atoms. The van der Waals surface area contributed by atoms with Crippen molar-refractivity contribution in [2.24, 2.45) is 11.8 Å². The molecule has 1 aliphatic carbocycles. The van der Waals surface area contributed by atoms with E-state index in [0.717, 1.165) is 19.6 Å². The molecule has 3 nitrogen and oxygen atoms in total. The molecule has 2 aliphatic rings. The highest BCUT2D eigenvalue weighted by molar-refractivity contribution is 5.73. The fourth-order valence-electron chi connectivity index (χ4n) is 3.05. The van der Waals surface area contributed by atoms with Crippen molar-refractivity contribution in [1.82, 2.24) is 10.2 Å². The zero-order valence-corrected chi connectivity index (χ0v) is 9.12. The van der Waals surface area contributed by atoms with E-state index in [1.807, 2.05) is 4.90 Å². The maximum absolute atomic E-state index is 11.3. The first-order chi connectivity index (χ1) is 6.72. The van der Waals surface area contributed by atoms with Crippen molar-refractivity contribution in [3.05, 3.63) is 0 Å². The highest BCUT2D eigenvalue weighted by Crippen LogP contribution is 2.36. The van der Waals surface area contributed by atoms with E-state index >= 15 is 0 Å². The monoisotopic (exact) mass is 196 g/mol. The molecule has 2 atom stereocenters. The highest BCUT2D eigenvalue weighted by Gasteiger charge is 2.41. The Morgan fingerprint density at radius 1 is 1.36 bits per heavy atom. The van der Waals surface area contributed by atoms with Gasteiger partial charge in [0.1, 0.15) is 0 Å². The molecule has 0 aromatic heterocycles. The minimum absolute atomic E-state index is 0.247. The van der Waals surface area contributed by atoms with Crippen LogP contribution < -0.4 is 5.32 Å². The number of carbonyl (C=O) groups is 1. The van der Waals surface area contributed by atoms with Crippen LogP contribution in [0.25, 0.3) is 0 Å². The third-order valence-corrected chi connectivity index (χ3v) is 3.72. The first-order valence-electron chi connectivity index (χ1n) is 5.71. The van der Waals surface area contributed by atoms with Crippen molar-refractivity contribution in [1.29, 1.82) is 0 Å². The lowest BCUT2D eigenvalue weighted by atomic mass is 9.92. The van der Waals surface area contributed by atoms with Crippen molar-refractivity contribution in [2.75, 3.05) is 19.6 Å². The lowest BCUT2D eigenvalue weighted by Crippen LogP contribution is -2.52. The largest absolute Gasteiger partial charge is 0.342 e. The molecule has 0 aromatic rings. The van der Waals surface area contributed by atoms with Crippen molar-refractivity contribution < 1.29 is 4.79 Å². The Bertz CT molecular complexity index is 215. The number of likely N-dealkylation sites (tertiary alicyclic amines) is 1. The maximum Gasteiger partial charge on any atom is 0.219 e. The van der Waals surface area contributed by atoms with Crippen LogP contribution in [0.3, 0.4) is 0 Å². The standard InChI is InChI=1S/C11H20N2O/c1-3-12-11-9-4-5-10(11)7-13(6-9)8(2)14/h9-12H,3-7H2,1-2H3. The van der Waals surface area contributed by atoms with E-state index < -0.39 is 0 Å². The molecule has 0 spiro atoms. The lowest BCUT2D eigenvalue weighted by molar-refractivity contribution is -0.131. The van der Waals surface area contributed by atoms with E-state index in [9.17, 15) is 4.79 Å². The van der Waals surface area contributed by atoms with Gasteiger partial charge in [-0.15, -0.1) is 0 Å². The van der Waals surface area contributed by atoms with Gasteiger partial charge in [-0.05, 0) is 31.2 Å². The molecule has 2 fully saturated rings. The number of amides is 1. The third-order valence-electron chi connectivity index (χ3n) is 3.72. The fraction of sp³-hybridized carbons (Fsp3) is 0.909. The summed E-state index contributed by atoms with van der Waals surface area (Å²) in [4.78, 5) is 13.3. The molecule has 0 aromatic carbocycles. The second-order valence-electron chi connectivity index (χ2n) is 4.60. The van der Waals surface area contributed by atoms with Crippen LogP contribution in [0.1, 0.15) is 26.7 Å². The predicted octanol–water partition coefficient (Wildman–Crippen LogP) is 0.853. The maximum atomic E-state index is 11.3. The van der Waals surface area contributed by atoms with Gasteiger partial charge in [-0.1, -0.05) is 6.92 Å². The Morgan fingerprint density at radius 3 is 2.36 bits per heavy atom. The van der Waals surface area contributed by atoms with Crippen molar-refractivity contribution in [3.8, 4) is 0 Å². The van der Waals surface area contributed by atoms with E-state index in [4.69, 9.17) is 0 Å². The smallest absolute Gasteiger partial charge is 0.219 e. The number of fused-ring (bicyclic) bond motifs is 2. The average Bonchev–Trinajstić information content (AvgIpc) is 2.40. The predicted molar refractivity (Wildman–Crippen MR) is 55.9 cm³/mol. The van der Waals surface area contributed by atoms with Crippen LogP contribution in [-0.2, 0) is 4.79 Å². The minimum Gasteiger partial charge on any atom is -0.342 e. The minimum atomic E-state index is 0.247. The van der Waals surface area contributed by atoms with E-state index in [1.165, 1.54) is 12.8 Å². The van der Waals surface area contributed by atoms with Crippen LogP contribution in [-0.4, -0.2) is 36.5 Å². The van der Waals surface area contributed by atoms with Gasteiger partial charge in [0.2, 0.25) is 5.91 Å². The van der Waals surface area contributed by atoms with Gasteiger partial charge in [0.05, 0.1) is 0 Å². The Morgan fingerprint density at radius 2 is 1.93 bits per heavy atom. The fourth-order valence-corrected chi connectivity index (χ4v) is 3.05. The second-order valence-corrected chi connectivity index (χ2v) is 4.60. The van der Waals surface area contributed by atoms with Gasteiger partial charge in [0, 0.05) is 26.1 Å². The van der Waals surface area contributed by atoms with Gasteiger partial charge < -0.3 is 10.2 Å². The van der Waals surface area contributed by atoms with Gasteiger partial charge in [-0.25, -0.2) is 0 Å². The molecule has 80 valence electrons. The summed E-state index contributed by atoms with van der Waals surface area (Å²) in [6.07, 6.45) is 2.60. The molecule has 2 rings (SSSR count). The Hall–Kier alpha value is -0.570. The normalized spacial score (nSPS) is 36.1. The number of carbonyl (C=O) groups excluding carboxylic acids is 1. The molecule has 2 unspecified atom stereocenters. The molecule has 2 bridgehead atoms. The van der Waals surface area contributed by atoms with Crippen LogP contribution in [0.15, 0.2) is 0 Å². The molecular weight excluding hydrogens is 176 g/mol. The van der Waals surface area contributed by atoms with E-state index in [1.54, 1.807) is 6.92 Å². The second kappa shape index (κ2) is 3.89. The van der Waals surface area contributed by atoms with Gasteiger partial charge in [-0.2, -0.15) is 0 Å². The highest BCUT2D eigenvalue weighted by atomic mass is 16.2. The summed E-state index contributed by atoms with van der Waals surface area (Å²) in [6.45, 7) is 6.86. The van der Waals surface area contributed by atoms with E-state index in [0.29, 0.717) is 17.9 Å². The molecule has 1 saturated carbocycles. The Labute approximate surface area is 85.8 Å². The molecule has 0 radical (unpaired) electrons. The summed E-state index contributed by atoms with van der Waals surface area (Å²) >= 11 is 0. The van der Waals surface area contributed by atoms with Gasteiger partial charge in [0.15, 0.2) is 0 Å². The van der Waals surface area contributed by atoms with Crippen molar-refractivity contribution in [3.63, 3.8) is 0 Å². The molecule has 1 aliphatic heterocycles. The molecule has 1 heterocycles. The zero-order valence-electron chi connectivity index (χ0n) is 9.12. The number of hydrogen-bond acceptors (Lipinski definition) is 2. The quantitative estimate of drug-likeness (QED) is 0.710. The number of nitrogens with zero attached hydrogens (tertiary/aromatic N) is 1. The summed E-state index contributed by atoms with van der Waals surface area (Å²) in [6, 6.07) is 0.676. The summed E-state index contributed by atoms with van der Waals surface area (Å²) < 4.78 is 0. The molecule has 3 heteroatoms. The summed E-state index contributed by atoms with van der Waals surface area (Å²) in [7, 11) is 0. The molecular formula is C11H20N2O. The van der Waals surface area contributed by atoms with Gasteiger partial charge >= 0.3 is 0 Å². The molecule has 1 amide bonds. The SMILES string of the molecule is CCNC1C2CCC1CN(C(C)=O)C2. The Kier molecular flexibility index (Phi) is 2.77. The van der Waals surface area contributed by atoms with Crippen LogP contribution >= 0.6 is 0 Å². The summed E-state index contributed by atoms with van der Waals surface area (Å²) in [5.74, 6) is 1.66. The molecule has 1 N–H and O–H groups in total.